The third kappa shape index (κ3) is 2.17. The molecule has 0 radical (unpaired) electrons. The first kappa shape index (κ1) is 12.8. The molecule has 3 aliphatic heterocycles. The zero-order valence-electron chi connectivity index (χ0n) is 11.5. The van der Waals surface area contributed by atoms with E-state index in [1.165, 1.54) is 0 Å². The Kier molecular flexibility index (Phi) is 3.07. The molecule has 0 amide bonds. The number of hydrogen-bond donors (Lipinski definition) is 1. The number of benzene rings is 1. The maximum absolute atomic E-state index is 11.0. The number of rotatable bonds is 2. The van der Waals surface area contributed by atoms with E-state index in [0.29, 0.717) is 26.1 Å². The largest absolute Gasteiger partial charge is 0.385 e. The lowest BCUT2D eigenvalue weighted by molar-refractivity contribution is -0.115. The van der Waals surface area contributed by atoms with Gasteiger partial charge in [0.2, 0.25) is 0 Å². The van der Waals surface area contributed by atoms with Crippen molar-refractivity contribution in [3.63, 3.8) is 0 Å². The highest BCUT2D eigenvalue weighted by molar-refractivity contribution is 5.30. The van der Waals surface area contributed by atoms with Gasteiger partial charge >= 0.3 is 0 Å². The molecule has 4 rings (SSSR count). The van der Waals surface area contributed by atoms with Crippen LogP contribution in [0.5, 0.6) is 0 Å². The molecule has 3 saturated heterocycles. The zero-order chi connectivity index (χ0) is 13.6. The minimum Gasteiger partial charge on any atom is -0.385 e. The summed E-state index contributed by atoms with van der Waals surface area (Å²) < 4.78 is 16.9. The highest BCUT2D eigenvalue weighted by atomic mass is 16.7. The Hall–Kier alpha value is -0.940. The Bertz CT molecular complexity index is 483. The number of hydrogen-bond acceptors (Lipinski definition) is 4. The average molecular weight is 276 g/mol. The second-order valence-electron chi connectivity index (χ2n) is 6.10. The summed E-state index contributed by atoms with van der Waals surface area (Å²) in [6.45, 7) is 1.27. The van der Waals surface area contributed by atoms with Crippen LogP contribution in [0.25, 0.3) is 0 Å². The molecule has 1 aromatic carbocycles. The first-order chi connectivity index (χ1) is 9.73. The van der Waals surface area contributed by atoms with Crippen molar-refractivity contribution in [2.45, 2.75) is 49.8 Å². The van der Waals surface area contributed by atoms with Gasteiger partial charge in [-0.1, -0.05) is 18.2 Å². The van der Waals surface area contributed by atoms with E-state index in [2.05, 4.69) is 0 Å². The van der Waals surface area contributed by atoms with Crippen molar-refractivity contribution >= 4 is 0 Å². The predicted octanol–water partition coefficient (Wildman–Crippen LogP) is 2.26. The molecule has 20 heavy (non-hydrogen) atoms. The standard InChI is InChI=1S/C16H20O4/c17-16(9-13-4-5-14(10-16)20-13)12-3-1-2-11(8-12)15-18-6-7-19-15/h1-3,8,13-15,17H,4-7,9-10H2. The molecule has 0 saturated carbocycles. The van der Waals surface area contributed by atoms with Gasteiger partial charge in [0.25, 0.3) is 0 Å². The molecule has 2 unspecified atom stereocenters. The van der Waals surface area contributed by atoms with Crippen molar-refractivity contribution in [3.05, 3.63) is 35.4 Å². The van der Waals surface area contributed by atoms with Gasteiger partial charge in [-0.3, -0.25) is 0 Å². The van der Waals surface area contributed by atoms with Gasteiger partial charge in [-0.15, -0.1) is 0 Å². The smallest absolute Gasteiger partial charge is 0.184 e. The van der Waals surface area contributed by atoms with Crippen LogP contribution in [0.3, 0.4) is 0 Å². The van der Waals surface area contributed by atoms with Crippen molar-refractivity contribution in [1.82, 2.24) is 0 Å². The van der Waals surface area contributed by atoms with Crippen LogP contribution in [0.15, 0.2) is 24.3 Å². The first-order valence-corrected chi connectivity index (χ1v) is 7.44. The van der Waals surface area contributed by atoms with Crippen LogP contribution in [0.1, 0.15) is 43.1 Å². The van der Waals surface area contributed by atoms with Gasteiger partial charge in [-0.2, -0.15) is 0 Å². The molecule has 3 aliphatic rings. The van der Waals surface area contributed by atoms with Gasteiger partial charge in [0.05, 0.1) is 31.0 Å². The van der Waals surface area contributed by atoms with Crippen LogP contribution < -0.4 is 0 Å². The van der Waals surface area contributed by atoms with E-state index < -0.39 is 5.60 Å². The van der Waals surface area contributed by atoms with Gasteiger partial charge in [-0.25, -0.2) is 0 Å². The van der Waals surface area contributed by atoms with Crippen molar-refractivity contribution in [2.24, 2.45) is 0 Å². The van der Waals surface area contributed by atoms with Crippen LogP contribution in [0, 0.1) is 0 Å². The molecular formula is C16H20O4. The fraction of sp³-hybridized carbons (Fsp3) is 0.625. The van der Waals surface area contributed by atoms with Crippen LogP contribution in [-0.2, 0) is 19.8 Å². The summed E-state index contributed by atoms with van der Waals surface area (Å²) in [4.78, 5) is 0. The van der Waals surface area contributed by atoms with E-state index in [9.17, 15) is 5.11 Å². The molecular weight excluding hydrogens is 256 g/mol. The van der Waals surface area contributed by atoms with E-state index in [0.717, 1.165) is 24.0 Å². The third-order valence-electron chi connectivity index (χ3n) is 4.64. The highest BCUT2D eigenvalue weighted by Gasteiger charge is 2.44. The summed E-state index contributed by atoms with van der Waals surface area (Å²) in [5.74, 6) is 0. The van der Waals surface area contributed by atoms with Crippen molar-refractivity contribution in [3.8, 4) is 0 Å². The Morgan fingerprint density at radius 1 is 1.05 bits per heavy atom. The average Bonchev–Trinajstić information content (AvgIpc) is 3.09. The second kappa shape index (κ2) is 4.81. The molecule has 4 nitrogen and oxygen atoms in total. The highest BCUT2D eigenvalue weighted by Crippen LogP contribution is 2.44. The molecule has 0 spiro atoms. The minimum absolute atomic E-state index is 0.210. The van der Waals surface area contributed by atoms with Gasteiger partial charge < -0.3 is 19.3 Å². The quantitative estimate of drug-likeness (QED) is 0.900. The summed E-state index contributed by atoms with van der Waals surface area (Å²) in [6.07, 6.45) is 3.67. The summed E-state index contributed by atoms with van der Waals surface area (Å²) >= 11 is 0. The lowest BCUT2D eigenvalue weighted by atomic mass is 9.83. The monoisotopic (exact) mass is 276 g/mol. The van der Waals surface area contributed by atoms with E-state index in [4.69, 9.17) is 14.2 Å². The van der Waals surface area contributed by atoms with Crippen molar-refractivity contribution in [2.75, 3.05) is 13.2 Å². The summed E-state index contributed by atoms with van der Waals surface area (Å²) in [7, 11) is 0. The SMILES string of the molecule is OC1(c2cccc(C3OCCO3)c2)CC2CCC(C1)O2. The summed E-state index contributed by atoms with van der Waals surface area (Å²) in [6, 6.07) is 8.01. The Balaban J connectivity index is 1.62. The Morgan fingerprint density at radius 3 is 2.45 bits per heavy atom. The van der Waals surface area contributed by atoms with Gasteiger partial charge in [0.1, 0.15) is 0 Å². The molecule has 1 N–H and O–H groups in total. The molecule has 3 heterocycles. The maximum atomic E-state index is 11.0. The van der Waals surface area contributed by atoms with Crippen molar-refractivity contribution in [1.29, 1.82) is 0 Å². The van der Waals surface area contributed by atoms with E-state index >= 15 is 0 Å². The van der Waals surface area contributed by atoms with Gasteiger partial charge in [0, 0.05) is 18.4 Å². The molecule has 2 bridgehead atoms. The molecule has 4 heteroatoms. The molecule has 2 atom stereocenters. The van der Waals surface area contributed by atoms with Crippen molar-refractivity contribution < 1.29 is 19.3 Å². The first-order valence-electron chi connectivity index (χ1n) is 7.44. The van der Waals surface area contributed by atoms with E-state index in [1.807, 2.05) is 24.3 Å². The third-order valence-corrected chi connectivity index (χ3v) is 4.64. The lowest BCUT2D eigenvalue weighted by Crippen LogP contribution is -2.38. The molecule has 108 valence electrons. The fourth-order valence-corrected chi connectivity index (χ4v) is 3.68. The van der Waals surface area contributed by atoms with E-state index in [-0.39, 0.29) is 18.5 Å². The summed E-state index contributed by atoms with van der Waals surface area (Å²) in [5.41, 5.74) is 1.19. The fourth-order valence-electron chi connectivity index (χ4n) is 3.68. The van der Waals surface area contributed by atoms with Crippen LogP contribution in [0.4, 0.5) is 0 Å². The predicted molar refractivity (Wildman–Crippen MR) is 72.1 cm³/mol. The maximum Gasteiger partial charge on any atom is 0.184 e. The van der Waals surface area contributed by atoms with Gasteiger partial charge in [0.15, 0.2) is 6.29 Å². The lowest BCUT2D eigenvalue weighted by Gasteiger charge is -2.37. The zero-order valence-corrected chi connectivity index (χ0v) is 11.5. The van der Waals surface area contributed by atoms with Crippen LogP contribution in [-0.4, -0.2) is 30.5 Å². The minimum atomic E-state index is -0.765. The second-order valence-corrected chi connectivity index (χ2v) is 6.10. The topological polar surface area (TPSA) is 47.9 Å². The van der Waals surface area contributed by atoms with Crippen LogP contribution >= 0.6 is 0 Å². The molecule has 0 aromatic heterocycles. The number of aliphatic hydroxyl groups is 1. The van der Waals surface area contributed by atoms with Gasteiger partial charge in [-0.05, 0) is 24.5 Å². The van der Waals surface area contributed by atoms with E-state index in [1.54, 1.807) is 0 Å². The molecule has 1 aromatic rings. The molecule has 3 fully saturated rings. The Labute approximate surface area is 118 Å². The van der Waals surface area contributed by atoms with Crippen LogP contribution in [0.2, 0.25) is 0 Å². The molecule has 0 aliphatic carbocycles. The normalized spacial score (nSPS) is 37.5. The number of ether oxygens (including phenoxy) is 3. The number of fused-ring (bicyclic) bond motifs is 2. The Morgan fingerprint density at radius 2 is 1.75 bits per heavy atom. The summed E-state index contributed by atoms with van der Waals surface area (Å²) in [5, 5.41) is 11.0.